The molecule has 1 aromatic carbocycles. The van der Waals surface area contributed by atoms with Gasteiger partial charge in [0.2, 0.25) is 0 Å². The van der Waals surface area contributed by atoms with Gasteiger partial charge in [-0.25, -0.2) is 0 Å². The van der Waals surface area contributed by atoms with E-state index in [4.69, 9.17) is 0 Å². The van der Waals surface area contributed by atoms with Crippen molar-refractivity contribution in [2.45, 2.75) is 51.5 Å². The summed E-state index contributed by atoms with van der Waals surface area (Å²) in [5.41, 5.74) is 1.37. The maximum Gasteiger partial charge on any atom is 0.315 e. The first kappa shape index (κ1) is 14.6. The Morgan fingerprint density at radius 1 is 1.30 bits per heavy atom. The van der Waals surface area contributed by atoms with E-state index in [0.717, 1.165) is 25.8 Å². The van der Waals surface area contributed by atoms with Crippen molar-refractivity contribution in [1.82, 2.24) is 0 Å². The summed E-state index contributed by atoms with van der Waals surface area (Å²) in [6.07, 6.45) is 5.44. The highest BCUT2D eigenvalue weighted by molar-refractivity contribution is 5.76. The largest absolute Gasteiger partial charge is 0.379 e. The summed E-state index contributed by atoms with van der Waals surface area (Å²) in [6, 6.07) is 5.44. The average Bonchev–Trinajstić information content (AvgIpc) is 2.82. The van der Waals surface area contributed by atoms with Gasteiger partial charge in [0, 0.05) is 12.1 Å². The summed E-state index contributed by atoms with van der Waals surface area (Å²) in [5, 5.41) is 18.0. The van der Waals surface area contributed by atoms with Crippen LogP contribution < -0.4 is 10.6 Å². The highest BCUT2D eigenvalue weighted by Crippen LogP contribution is 2.38. The topological polar surface area (TPSA) is 67.2 Å². The van der Waals surface area contributed by atoms with Gasteiger partial charge < -0.3 is 10.6 Å². The molecule has 0 amide bonds. The van der Waals surface area contributed by atoms with Gasteiger partial charge in [0.25, 0.3) is 0 Å². The Balaban J connectivity index is 2.29. The fourth-order valence-corrected chi connectivity index (χ4v) is 2.85. The summed E-state index contributed by atoms with van der Waals surface area (Å²) in [4.78, 5) is 11.1. The predicted molar refractivity (Wildman–Crippen MR) is 82.4 cm³/mol. The molecule has 1 saturated carbocycles. The molecule has 0 spiro atoms. The lowest BCUT2D eigenvalue weighted by Crippen LogP contribution is -2.31. The second kappa shape index (κ2) is 6.11. The van der Waals surface area contributed by atoms with Crippen LogP contribution in [0.1, 0.15) is 46.0 Å². The molecule has 20 heavy (non-hydrogen) atoms. The van der Waals surface area contributed by atoms with E-state index in [2.05, 4.69) is 17.6 Å². The molecular formula is C15H23N3O2. The van der Waals surface area contributed by atoms with Crippen LogP contribution in [0.5, 0.6) is 0 Å². The number of rotatable bonds is 6. The first-order valence-electron chi connectivity index (χ1n) is 7.35. The molecule has 5 heteroatoms. The van der Waals surface area contributed by atoms with E-state index in [9.17, 15) is 10.1 Å². The summed E-state index contributed by atoms with van der Waals surface area (Å²) in [7, 11) is 0. The molecule has 0 heterocycles. The maximum absolute atomic E-state index is 11.4. The third kappa shape index (κ3) is 3.21. The number of para-hydroxylation sites is 1. The van der Waals surface area contributed by atoms with E-state index in [1.54, 1.807) is 12.1 Å². The molecule has 0 atom stereocenters. The molecule has 1 aliphatic carbocycles. The average molecular weight is 277 g/mol. The number of nitrogens with zero attached hydrogens (tertiary/aromatic N) is 1. The Bertz CT molecular complexity index is 482. The molecule has 1 fully saturated rings. The molecule has 5 nitrogen and oxygen atoms in total. The molecule has 2 rings (SSSR count). The van der Waals surface area contributed by atoms with Crippen molar-refractivity contribution in [3.63, 3.8) is 0 Å². The minimum atomic E-state index is -0.293. The van der Waals surface area contributed by atoms with Gasteiger partial charge in [0.1, 0.15) is 11.4 Å². The van der Waals surface area contributed by atoms with Gasteiger partial charge in [0.15, 0.2) is 0 Å². The summed E-state index contributed by atoms with van der Waals surface area (Å²) in [5.74, 6) is 0. The third-order valence-electron chi connectivity index (χ3n) is 3.93. The molecule has 0 bridgehead atoms. The molecule has 0 saturated heterocycles. The van der Waals surface area contributed by atoms with Crippen LogP contribution in [0.4, 0.5) is 17.1 Å². The molecule has 1 aromatic rings. The van der Waals surface area contributed by atoms with Crippen LogP contribution in [0.25, 0.3) is 0 Å². The number of benzene rings is 1. The number of nitrogens with one attached hydrogen (secondary N) is 2. The molecule has 1 aliphatic rings. The Hall–Kier alpha value is -1.78. The van der Waals surface area contributed by atoms with Crippen LogP contribution >= 0.6 is 0 Å². The zero-order valence-corrected chi connectivity index (χ0v) is 12.2. The van der Waals surface area contributed by atoms with Crippen LogP contribution in [0.2, 0.25) is 0 Å². The number of nitro benzene ring substituents is 1. The van der Waals surface area contributed by atoms with Crippen molar-refractivity contribution in [3.8, 4) is 0 Å². The number of anilines is 2. The standard InChI is InChI=1S/C15H23N3O2/c1-3-11-16-12-7-6-8-13(14(12)18(19)20)17-15(2)9-4-5-10-15/h6-8,16-17H,3-5,9-11H2,1-2H3. The van der Waals surface area contributed by atoms with Crippen molar-refractivity contribution < 1.29 is 4.92 Å². The van der Waals surface area contributed by atoms with Gasteiger partial charge in [-0.05, 0) is 38.3 Å². The van der Waals surface area contributed by atoms with E-state index >= 15 is 0 Å². The Kier molecular flexibility index (Phi) is 4.47. The van der Waals surface area contributed by atoms with E-state index in [1.165, 1.54) is 12.8 Å². The summed E-state index contributed by atoms with van der Waals surface area (Å²) >= 11 is 0. The second-order valence-electron chi connectivity index (χ2n) is 5.78. The van der Waals surface area contributed by atoms with Crippen molar-refractivity contribution >= 4 is 17.1 Å². The fraction of sp³-hybridized carbons (Fsp3) is 0.600. The van der Waals surface area contributed by atoms with Crippen LogP contribution in [0.3, 0.4) is 0 Å². The van der Waals surface area contributed by atoms with E-state index in [0.29, 0.717) is 11.4 Å². The minimum Gasteiger partial charge on any atom is -0.379 e. The normalized spacial score (nSPS) is 16.9. The molecule has 0 unspecified atom stereocenters. The van der Waals surface area contributed by atoms with Crippen molar-refractivity contribution in [2.24, 2.45) is 0 Å². The molecule has 0 radical (unpaired) electrons. The van der Waals surface area contributed by atoms with Gasteiger partial charge in [-0.15, -0.1) is 0 Å². The first-order valence-corrected chi connectivity index (χ1v) is 7.35. The lowest BCUT2D eigenvalue weighted by atomic mass is 10.00. The monoisotopic (exact) mass is 277 g/mol. The van der Waals surface area contributed by atoms with Crippen molar-refractivity contribution in [1.29, 1.82) is 0 Å². The fourth-order valence-electron chi connectivity index (χ4n) is 2.85. The van der Waals surface area contributed by atoms with E-state index in [-0.39, 0.29) is 16.1 Å². The van der Waals surface area contributed by atoms with Crippen molar-refractivity contribution in [3.05, 3.63) is 28.3 Å². The number of hydrogen-bond acceptors (Lipinski definition) is 4. The third-order valence-corrected chi connectivity index (χ3v) is 3.93. The molecule has 2 N–H and O–H groups in total. The van der Waals surface area contributed by atoms with Crippen LogP contribution in [0.15, 0.2) is 18.2 Å². The van der Waals surface area contributed by atoms with Gasteiger partial charge in [-0.1, -0.05) is 25.8 Å². The van der Waals surface area contributed by atoms with Gasteiger partial charge >= 0.3 is 5.69 Å². The zero-order valence-electron chi connectivity index (χ0n) is 12.2. The molecular weight excluding hydrogens is 254 g/mol. The lowest BCUT2D eigenvalue weighted by molar-refractivity contribution is -0.383. The van der Waals surface area contributed by atoms with Crippen LogP contribution in [-0.2, 0) is 0 Å². The minimum absolute atomic E-state index is 0.0197. The summed E-state index contributed by atoms with van der Waals surface area (Å²) in [6.45, 7) is 4.93. The van der Waals surface area contributed by atoms with Crippen LogP contribution in [0, 0.1) is 10.1 Å². The highest BCUT2D eigenvalue weighted by Gasteiger charge is 2.31. The smallest absolute Gasteiger partial charge is 0.315 e. The van der Waals surface area contributed by atoms with Gasteiger partial charge in [-0.2, -0.15) is 0 Å². The zero-order chi connectivity index (χ0) is 14.6. The SMILES string of the molecule is CCCNc1cccc(NC2(C)CCCC2)c1[N+](=O)[O-]. The Morgan fingerprint density at radius 2 is 1.95 bits per heavy atom. The Labute approximate surface area is 119 Å². The van der Waals surface area contributed by atoms with Gasteiger partial charge in [-0.3, -0.25) is 10.1 Å². The predicted octanol–water partition coefficient (Wildman–Crippen LogP) is 4.16. The quantitative estimate of drug-likeness (QED) is 0.605. The molecule has 0 aliphatic heterocycles. The Morgan fingerprint density at radius 3 is 2.55 bits per heavy atom. The second-order valence-corrected chi connectivity index (χ2v) is 5.78. The van der Waals surface area contributed by atoms with E-state index in [1.807, 2.05) is 13.0 Å². The maximum atomic E-state index is 11.4. The van der Waals surface area contributed by atoms with Crippen LogP contribution in [-0.4, -0.2) is 17.0 Å². The van der Waals surface area contributed by atoms with Crippen molar-refractivity contribution in [2.75, 3.05) is 17.2 Å². The number of hydrogen-bond donors (Lipinski definition) is 2. The molecule has 110 valence electrons. The molecule has 0 aromatic heterocycles. The summed E-state index contributed by atoms with van der Waals surface area (Å²) < 4.78 is 0. The van der Waals surface area contributed by atoms with E-state index < -0.39 is 0 Å². The highest BCUT2D eigenvalue weighted by atomic mass is 16.6. The first-order chi connectivity index (χ1) is 9.56. The number of nitro groups is 1. The lowest BCUT2D eigenvalue weighted by Gasteiger charge is -2.26. The van der Waals surface area contributed by atoms with Gasteiger partial charge in [0.05, 0.1) is 4.92 Å².